The van der Waals surface area contributed by atoms with Gasteiger partial charge in [0.05, 0.1) is 17.8 Å². The third kappa shape index (κ3) is 2.68. The Morgan fingerprint density at radius 3 is 2.57 bits per heavy atom. The van der Waals surface area contributed by atoms with Gasteiger partial charge in [-0.25, -0.2) is 0 Å². The monoisotopic (exact) mass is 306 g/mol. The summed E-state index contributed by atoms with van der Waals surface area (Å²) in [6.07, 6.45) is 3.75. The van der Waals surface area contributed by atoms with Gasteiger partial charge in [0.2, 0.25) is 0 Å². The lowest BCUT2D eigenvalue weighted by atomic mass is 10.1. The van der Waals surface area contributed by atoms with Gasteiger partial charge in [-0.15, -0.1) is 0 Å². The predicted molar refractivity (Wildman–Crippen MR) is 96.6 cm³/mol. The maximum absolute atomic E-state index is 5.28. The topological polar surface area (TPSA) is 27.1 Å². The van der Waals surface area contributed by atoms with Crippen molar-refractivity contribution < 1.29 is 4.74 Å². The lowest BCUT2D eigenvalue weighted by Gasteiger charge is -2.11. The molecule has 0 radical (unpaired) electrons. The number of ether oxygens (including phenoxy) is 1. The molecule has 118 valence electrons. The Morgan fingerprint density at radius 1 is 1.17 bits per heavy atom. The second-order valence-electron chi connectivity index (χ2n) is 5.74. The average Bonchev–Trinajstić information content (AvgIpc) is 2.84. The highest BCUT2D eigenvalue weighted by Gasteiger charge is 2.16. The van der Waals surface area contributed by atoms with Crippen LogP contribution in [-0.2, 0) is 11.3 Å². The quantitative estimate of drug-likeness (QED) is 0.688. The lowest BCUT2D eigenvalue weighted by Crippen LogP contribution is -2.06. The van der Waals surface area contributed by atoms with Crippen LogP contribution in [0.15, 0.2) is 43.1 Å². The highest BCUT2D eigenvalue weighted by molar-refractivity contribution is 5.95. The summed E-state index contributed by atoms with van der Waals surface area (Å²) < 4.78 is 7.60. The fourth-order valence-electron chi connectivity index (χ4n) is 3.05. The zero-order chi connectivity index (χ0) is 16.4. The van der Waals surface area contributed by atoms with Gasteiger partial charge in [-0.1, -0.05) is 36.9 Å². The number of hydrogen-bond acceptors (Lipinski definition) is 2. The van der Waals surface area contributed by atoms with Crippen molar-refractivity contribution >= 4 is 17.0 Å². The molecule has 1 aromatic carbocycles. The zero-order valence-electron chi connectivity index (χ0n) is 14.0. The third-order valence-corrected chi connectivity index (χ3v) is 4.48. The van der Waals surface area contributed by atoms with Gasteiger partial charge in [-0.2, -0.15) is 0 Å². The second-order valence-corrected chi connectivity index (χ2v) is 5.74. The average molecular weight is 306 g/mol. The smallest absolute Gasteiger partial charge is 0.0944 e. The Kier molecular flexibility index (Phi) is 4.30. The number of rotatable bonds is 5. The van der Waals surface area contributed by atoms with Crippen LogP contribution in [0.25, 0.3) is 28.2 Å². The molecule has 0 spiro atoms. The molecule has 3 nitrogen and oxygen atoms in total. The number of aromatic nitrogens is 2. The third-order valence-electron chi connectivity index (χ3n) is 4.48. The first-order valence-corrected chi connectivity index (χ1v) is 7.83. The molecule has 3 aromatic rings. The second kappa shape index (κ2) is 6.39. The molecule has 2 heterocycles. The van der Waals surface area contributed by atoms with Gasteiger partial charge in [0.15, 0.2) is 0 Å². The molecule has 0 fully saturated rings. The van der Waals surface area contributed by atoms with Crippen LogP contribution >= 0.6 is 0 Å². The van der Waals surface area contributed by atoms with Gasteiger partial charge in [0, 0.05) is 36.5 Å². The van der Waals surface area contributed by atoms with Gasteiger partial charge in [-0.3, -0.25) is 4.98 Å². The fourth-order valence-corrected chi connectivity index (χ4v) is 3.05. The van der Waals surface area contributed by atoms with E-state index in [4.69, 9.17) is 4.74 Å². The number of methoxy groups -OCH3 is 1. The van der Waals surface area contributed by atoms with Crippen molar-refractivity contribution in [3.63, 3.8) is 0 Å². The molecular formula is C20H22N2O. The molecule has 3 rings (SSSR count). The maximum atomic E-state index is 5.28. The predicted octanol–water partition coefficient (Wildman–Crippen LogP) is 4.61. The maximum Gasteiger partial charge on any atom is 0.0944 e. The van der Waals surface area contributed by atoms with Gasteiger partial charge >= 0.3 is 0 Å². The van der Waals surface area contributed by atoms with E-state index in [1.54, 1.807) is 7.11 Å². The fraction of sp³-hybridized carbons (Fsp3) is 0.250. The van der Waals surface area contributed by atoms with E-state index in [1.807, 2.05) is 12.3 Å². The normalized spacial score (nSPS) is 11.1. The Morgan fingerprint density at radius 2 is 1.91 bits per heavy atom. The van der Waals surface area contributed by atoms with E-state index in [0.717, 1.165) is 23.4 Å². The summed E-state index contributed by atoms with van der Waals surface area (Å²) in [5, 5.41) is 1.26. The molecule has 3 heteroatoms. The van der Waals surface area contributed by atoms with E-state index >= 15 is 0 Å². The molecule has 2 aromatic heterocycles. The molecule has 0 bridgehead atoms. The Balaban J connectivity index is 2.23. The van der Waals surface area contributed by atoms with E-state index in [-0.39, 0.29) is 0 Å². The van der Waals surface area contributed by atoms with Crippen LogP contribution in [0.2, 0.25) is 0 Å². The minimum atomic E-state index is 0.688. The van der Waals surface area contributed by atoms with Crippen molar-refractivity contribution in [2.75, 3.05) is 13.7 Å². The minimum Gasteiger partial charge on any atom is -0.383 e. The number of benzene rings is 1. The molecule has 0 atom stereocenters. The van der Waals surface area contributed by atoms with Crippen LogP contribution < -0.4 is 0 Å². The molecule has 0 aliphatic rings. The van der Waals surface area contributed by atoms with E-state index in [2.05, 4.69) is 60.3 Å². The van der Waals surface area contributed by atoms with E-state index < -0.39 is 0 Å². The van der Waals surface area contributed by atoms with Crippen LogP contribution in [0.1, 0.15) is 16.8 Å². The molecule has 0 unspecified atom stereocenters. The molecule has 0 aliphatic carbocycles. The number of aryl methyl sites for hydroxylation is 1. The standard InChI is InChI=1S/C20H22N2O/c1-5-16-6-8-17(9-7-16)19-20-18(10-11-21-19)14(2)15(3)22(20)12-13-23-4/h5-11H,1,12-13H2,2-4H3. The zero-order valence-corrected chi connectivity index (χ0v) is 14.0. The highest BCUT2D eigenvalue weighted by Crippen LogP contribution is 2.32. The first kappa shape index (κ1) is 15.5. The SMILES string of the molecule is C=Cc1ccc(-c2nccc3c(C)c(C)n(CCOC)c23)cc1. The molecule has 0 amide bonds. The summed E-state index contributed by atoms with van der Waals surface area (Å²) >= 11 is 0. The summed E-state index contributed by atoms with van der Waals surface area (Å²) in [7, 11) is 1.74. The van der Waals surface area contributed by atoms with Crippen molar-refractivity contribution in [2.24, 2.45) is 0 Å². The van der Waals surface area contributed by atoms with Gasteiger partial charge in [-0.05, 0) is 31.0 Å². The van der Waals surface area contributed by atoms with Gasteiger partial charge < -0.3 is 9.30 Å². The Hall–Kier alpha value is -2.39. The molecule has 23 heavy (non-hydrogen) atoms. The summed E-state index contributed by atoms with van der Waals surface area (Å²) in [6, 6.07) is 10.5. The molecule has 0 saturated carbocycles. The van der Waals surface area contributed by atoms with Crippen molar-refractivity contribution in [1.29, 1.82) is 0 Å². The lowest BCUT2D eigenvalue weighted by molar-refractivity contribution is 0.188. The Labute approximate surface area is 137 Å². The number of fused-ring (bicyclic) bond motifs is 1. The first-order chi connectivity index (χ1) is 11.2. The van der Waals surface area contributed by atoms with Crippen LogP contribution in [0, 0.1) is 13.8 Å². The molecule has 0 aliphatic heterocycles. The van der Waals surface area contributed by atoms with Crippen molar-refractivity contribution in [2.45, 2.75) is 20.4 Å². The van der Waals surface area contributed by atoms with Crippen molar-refractivity contribution in [1.82, 2.24) is 9.55 Å². The van der Waals surface area contributed by atoms with E-state index in [9.17, 15) is 0 Å². The van der Waals surface area contributed by atoms with Crippen molar-refractivity contribution in [3.8, 4) is 11.3 Å². The van der Waals surface area contributed by atoms with Crippen LogP contribution in [0.5, 0.6) is 0 Å². The largest absolute Gasteiger partial charge is 0.383 e. The van der Waals surface area contributed by atoms with Crippen LogP contribution in [-0.4, -0.2) is 23.3 Å². The number of hydrogen-bond donors (Lipinski definition) is 0. The molecular weight excluding hydrogens is 284 g/mol. The summed E-state index contributed by atoms with van der Waals surface area (Å²) in [5.74, 6) is 0. The minimum absolute atomic E-state index is 0.688. The van der Waals surface area contributed by atoms with Gasteiger partial charge in [0.25, 0.3) is 0 Å². The molecule has 0 saturated heterocycles. The van der Waals surface area contributed by atoms with Crippen molar-refractivity contribution in [3.05, 3.63) is 59.9 Å². The van der Waals surface area contributed by atoms with E-state index in [0.29, 0.717) is 6.61 Å². The molecule has 0 N–H and O–H groups in total. The highest BCUT2D eigenvalue weighted by atomic mass is 16.5. The number of nitrogens with zero attached hydrogens (tertiary/aromatic N) is 2. The van der Waals surface area contributed by atoms with Crippen LogP contribution in [0.3, 0.4) is 0 Å². The van der Waals surface area contributed by atoms with Gasteiger partial charge in [0.1, 0.15) is 0 Å². The Bertz CT molecular complexity index is 844. The van der Waals surface area contributed by atoms with Crippen LogP contribution in [0.4, 0.5) is 0 Å². The number of pyridine rings is 1. The summed E-state index contributed by atoms with van der Waals surface area (Å²) in [5.41, 5.74) is 7.02. The first-order valence-electron chi connectivity index (χ1n) is 7.83. The summed E-state index contributed by atoms with van der Waals surface area (Å²) in [4.78, 5) is 4.67. The summed E-state index contributed by atoms with van der Waals surface area (Å²) in [6.45, 7) is 9.66. The van der Waals surface area contributed by atoms with E-state index in [1.165, 1.54) is 22.2 Å².